The number of rotatable bonds is 4. The van der Waals surface area contributed by atoms with Crippen molar-refractivity contribution in [3.05, 3.63) is 93.0 Å². The minimum Gasteiger partial charge on any atom is -0.490 e. The van der Waals surface area contributed by atoms with Gasteiger partial charge in [0.05, 0.1) is 17.1 Å². The Morgan fingerprint density at radius 1 is 1.00 bits per heavy atom. The first-order valence-corrected chi connectivity index (χ1v) is 16.1. The van der Waals surface area contributed by atoms with E-state index < -0.39 is 5.41 Å². The molecule has 3 saturated heterocycles. The van der Waals surface area contributed by atoms with Crippen molar-refractivity contribution in [3.63, 3.8) is 0 Å². The van der Waals surface area contributed by atoms with Gasteiger partial charge >= 0.3 is 12.1 Å². The number of piperidine rings is 2. The number of carbonyl (C=O) groups is 2. The first kappa shape index (κ1) is 29.7. The van der Waals surface area contributed by atoms with E-state index in [1.165, 1.54) is 4.90 Å². The van der Waals surface area contributed by atoms with Crippen LogP contribution in [0.25, 0.3) is 0 Å². The van der Waals surface area contributed by atoms with Gasteiger partial charge in [-0.1, -0.05) is 47.3 Å². The summed E-state index contributed by atoms with van der Waals surface area (Å²) >= 11 is 13.0. The molecule has 0 bridgehead atoms. The summed E-state index contributed by atoms with van der Waals surface area (Å²) < 4.78 is 6.76. The van der Waals surface area contributed by atoms with Crippen LogP contribution in [0.3, 0.4) is 0 Å². The van der Waals surface area contributed by atoms with E-state index in [1.54, 1.807) is 4.90 Å². The number of amides is 4. The molecule has 4 aliphatic heterocycles. The number of carbonyl (C=O) groups excluding carboxylic acids is 2. The van der Waals surface area contributed by atoms with Gasteiger partial charge in [0.25, 0.3) is 0 Å². The number of fused-ring (bicyclic) bond motifs is 2. The van der Waals surface area contributed by atoms with E-state index in [0.29, 0.717) is 49.1 Å². The fraction of sp³-hybridized carbons (Fsp3) is 0.343. The highest BCUT2D eigenvalue weighted by molar-refractivity contribution is 6.31. The van der Waals surface area contributed by atoms with Gasteiger partial charge in [0.2, 0.25) is 0 Å². The van der Waals surface area contributed by atoms with Crippen LogP contribution in [0.4, 0.5) is 15.3 Å². The molecule has 3 fully saturated rings. The Labute approximate surface area is 272 Å². The number of urea groups is 2. The van der Waals surface area contributed by atoms with Gasteiger partial charge < -0.3 is 20.3 Å². The lowest BCUT2D eigenvalue weighted by Crippen LogP contribution is -2.51. The second-order valence-electron chi connectivity index (χ2n) is 12.0. The summed E-state index contributed by atoms with van der Waals surface area (Å²) in [6.07, 6.45) is 10.1. The second-order valence-corrected chi connectivity index (χ2v) is 12.9. The van der Waals surface area contributed by atoms with Crippen LogP contribution in [0.5, 0.6) is 5.75 Å². The Balaban J connectivity index is 1.23. The third-order valence-corrected chi connectivity index (χ3v) is 9.98. The third kappa shape index (κ3) is 5.33. The molecule has 4 aliphatic rings. The Hall–Kier alpha value is -4.03. The lowest BCUT2D eigenvalue weighted by molar-refractivity contribution is 0.0992. The summed E-state index contributed by atoms with van der Waals surface area (Å²) in [6, 6.07) is 19.1. The first-order chi connectivity index (χ1) is 21.9. The Morgan fingerprint density at radius 2 is 1.82 bits per heavy atom. The molecular weight excluding hydrogens is 609 g/mol. The zero-order chi connectivity index (χ0) is 31.1. The molecule has 3 aromatic carbocycles. The summed E-state index contributed by atoms with van der Waals surface area (Å²) in [5.74, 6) is 3.62. The van der Waals surface area contributed by atoms with Crippen LogP contribution in [0.1, 0.15) is 53.5 Å². The van der Waals surface area contributed by atoms with Crippen molar-refractivity contribution in [1.29, 1.82) is 0 Å². The standard InChI is InChI=1S/C35H33Cl2N5O3/c1-2-22-6-9-31(45-26-11-15-41(16-12-26)34(44)42-17-14-39-33(42)43)27(18-22)32-35(21-40-30-20-25(37)7-8-29(30)35)28(10-13-38-32)23-4-3-5-24(36)19-23/h1,3-9,18-21,26,28,32,38H,10-17H2,(H,39,43)/t28-,32-,35-/m0/s1. The maximum absolute atomic E-state index is 12.9. The van der Waals surface area contributed by atoms with E-state index in [2.05, 4.69) is 34.9 Å². The maximum atomic E-state index is 12.9. The first-order valence-electron chi connectivity index (χ1n) is 15.3. The van der Waals surface area contributed by atoms with Crippen molar-refractivity contribution < 1.29 is 14.3 Å². The molecule has 0 unspecified atom stereocenters. The molecule has 4 heterocycles. The Morgan fingerprint density at radius 3 is 2.58 bits per heavy atom. The largest absolute Gasteiger partial charge is 0.490 e. The molecular formula is C35H33Cl2N5O3. The fourth-order valence-electron chi connectivity index (χ4n) is 7.39. The maximum Gasteiger partial charge on any atom is 0.328 e. The van der Waals surface area contributed by atoms with Gasteiger partial charge in [0.1, 0.15) is 11.9 Å². The molecule has 7 rings (SSSR count). The molecule has 230 valence electrons. The van der Waals surface area contributed by atoms with Crippen LogP contribution in [0.2, 0.25) is 10.0 Å². The van der Waals surface area contributed by atoms with Gasteiger partial charge in [0.15, 0.2) is 0 Å². The van der Waals surface area contributed by atoms with Crippen molar-refractivity contribution in [2.45, 2.75) is 42.7 Å². The molecule has 0 saturated carbocycles. The number of hydrogen-bond acceptors (Lipinski definition) is 5. The normalized spacial score (nSPS) is 24.4. The molecule has 3 atom stereocenters. The number of benzene rings is 3. The number of nitrogens with one attached hydrogen (secondary N) is 2. The van der Waals surface area contributed by atoms with E-state index in [0.717, 1.165) is 46.7 Å². The SMILES string of the molecule is C#Cc1ccc(OC2CCN(C(=O)N3CCNC3=O)CC2)c([C@@H]2NCC[C@@H](c3cccc(Cl)c3)[C@]23C=Nc2cc(Cl)ccc23)c1. The van der Waals surface area contributed by atoms with Gasteiger partial charge in [-0.05, 0) is 66.6 Å². The van der Waals surface area contributed by atoms with Gasteiger partial charge in [0, 0.05) is 72.3 Å². The Kier molecular flexibility index (Phi) is 7.95. The predicted molar refractivity (Wildman–Crippen MR) is 176 cm³/mol. The van der Waals surface area contributed by atoms with Crippen molar-refractivity contribution in [2.24, 2.45) is 4.99 Å². The summed E-state index contributed by atoms with van der Waals surface area (Å²) in [5.41, 5.74) is 4.22. The topological polar surface area (TPSA) is 86.3 Å². The molecule has 1 spiro atoms. The molecule has 3 aromatic rings. The molecule has 45 heavy (non-hydrogen) atoms. The summed E-state index contributed by atoms with van der Waals surface area (Å²) in [4.78, 5) is 32.9. The van der Waals surface area contributed by atoms with Gasteiger partial charge in [-0.3, -0.25) is 4.99 Å². The third-order valence-electron chi connectivity index (χ3n) is 9.51. The number of aliphatic imine (C=N–C) groups is 1. The highest BCUT2D eigenvalue weighted by Crippen LogP contribution is 2.57. The highest BCUT2D eigenvalue weighted by atomic mass is 35.5. The minimum atomic E-state index is -0.569. The molecule has 8 nitrogen and oxygen atoms in total. The monoisotopic (exact) mass is 641 g/mol. The molecule has 2 N–H and O–H groups in total. The van der Waals surface area contributed by atoms with E-state index in [-0.39, 0.29) is 30.1 Å². The van der Waals surface area contributed by atoms with Crippen molar-refractivity contribution in [1.82, 2.24) is 20.4 Å². The number of ether oxygens (including phenoxy) is 1. The summed E-state index contributed by atoms with van der Waals surface area (Å²) in [5, 5.41) is 7.85. The van der Waals surface area contributed by atoms with Crippen LogP contribution >= 0.6 is 23.2 Å². The number of hydrogen-bond donors (Lipinski definition) is 2. The predicted octanol–water partition coefficient (Wildman–Crippen LogP) is 6.44. The smallest absolute Gasteiger partial charge is 0.328 e. The summed E-state index contributed by atoms with van der Waals surface area (Å²) in [6.45, 7) is 2.66. The number of terminal acetylenes is 1. The van der Waals surface area contributed by atoms with Crippen LogP contribution in [0.15, 0.2) is 65.7 Å². The molecule has 10 heteroatoms. The van der Waals surface area contributed by atoms with Crippen molar-refractivity contribution >= 4 is 47.2 Å². The van der Waals surface area contributed by atoms with E-state index in [9.17, 15) is 9.59 Å². The van der Waals surface area contributed by atoms with E-state index in [1.807, 2.05) is 48.5 Å². The average molecular weight is 643 g/mol. The number of imide groups is 1. The zero-order valence-electron chi connectivity index (χ0n) is 24.6. The van der Waals surface area contributed by atoms with Crippen LogP contribution < -0.4 is 15.4 Å². The average Bonchev–Trinajstić information content (AvgIpc) is 3.65. The summed E-state index contributed by atoms with van der Waals surface area (Å²) in [7, 11) is 0. The van der Waals surface area contributed by atoms with Gasteiger partial charge in [-0.25, -0.2) is 14.5 Å². The molecule has 0 radical (unpaired) electrons. The van der Waals surface area contributed by atoms with Crippen molar-refractivity contribution in [3.8, 4) is 18.1 Å². The van der Waals surface area contributed by atoms with Crippen LogP contribution in [-0.2, 0) is 5.41 Å². The fourth-order valence-corrected chi connectivity index (χ4v) is 7.75. The van der Waals surface area contributed by atoms with Gasteiger partial charge in [-0.2, -0.15) is 0 Å². The van der Waals surface area contributed by atoms with E-state index in [4.69, 9.17) is 39.4 Å². The number of halogens is 2. The Bertz CT molecular complexity index is 1730. The lowest BCUT2D eigenvalue weighted by atomic mass is 9.60. The highest BCUT2D eigenvalue weighted by Gasteiger charge is 2.53. The van der Waals surface area contributed by atoms with E-state index >= 15 is 0 Å². The molecule has 4 amide bonds. The van der Waals surface area contributed by atoms with Gasteiger partial charge in [-0.15, -0.1) is 6.42 Å². The second kappa shape index (κ2) is 12.1. The molecule has 0 aromatic heterocycles. The van der Waals surface area contributed by atoms with Crippen molar-refractivity contribution in [2.75, 3.05) is 32.7 Å². The zero-order valence-corrected chi connectivity index (χ0v) is 26.2. The number of likely N-dealkylation sites (tertiary alicyclic amines) is 1. The van der Waals surface area contributed by atoms with Crippen LogP contribution in [-0.4, -0.2) is 66.9 Å². The molecule has 0 aliphatic carbocycles. The lowest BCUT2D eigenvalue weighted by Gasteiger charge is -2.48. The number of nitrogens with zero attached hydrogens (tertiary/aromatic N) is 3. The van der Waals surface area contributed by atoms with Crippen LogP contribution in [0, 0.1) is 12.3 Å². The quantitative estimate of drug-likeness (QED) is 0.321. The minimum absolute atomic E-state index is 0.0630.